The molecule has 1 saturated heterocycles. The van der Waals surface area contributed by atoms with Gasteiger partial charge in [0.2, 0.25) is 5.91 Å². The summed E-state index contributed by atoms with van der Waals surface area (Å²) in [5, 5.41) is 3.17. The van der Waals surface area contributed by atoms with E-state index in [0.29, 0.717) is 6.54 Å². The molecule has 104 valence electrons. The molecule has 4 nitrogen and oxygen atoms in total. The number of nitrogens with one attached hydrogen (secondary N) is 1. The monoisotopic (exact) mass is 261 g/mol. The predicted molar refractivity (Wildman–Crippen MR) is 78.2 cm³/mol. The molecule has 1 fully saturated rings. The first-order valence-corrected chi connectivity index (χ1v) is 7.08. The number of carbonyl (C=O) groups is 1. The summed E-state index contributed by atoms with van der Waals surface area (Å²) < 4.78 is 0. The van der Waals surface area contributed by atoms with Crippen molar-refractivity contribution in [2.75, 3.05) is 44.6 Å². The molecule has 0 aliphatic carbocycles. The van der Waals surface area contributed by atoms with Crippen LogP contribution in [0.2, 0.25) is 0 Å². The molecular weight excluding hydrogens is 238 g/mol. The molecule has 0 bridgehead atoms. The Bertz CT molecular complexity index is 386. The fraction of sp³-hybridized carbons (Fsp3) is 0.533. The minimum Gasteiger partial charge on any atom is -0.376 e. The zero-order valence-corrected chi connectivity index (χ0v) is 11.6. The average molecular weight is 261 g/mol. The van der Waals surface area contributed by atoms with E-state index in [0.717, 1.165) is 38.4 Å². The first kappa shape index (κ1) is 13.9. The lowest BCUT2D eigenvalue weighted by molar-refractivity contribution is -0.131. The molecule has 0 radical (unpaired) electrons. The highest BCUT2D eigenvalue weighted by Gasteiger charge is 2.19. The van der Waals surface area contributed by atoms with Crippen LogP contribution in [0, 0.1) is 0 Å². The Balaban J connectivity index is 1.73. The number of piperazine rings is 1. The van der Waals surface area contributed by atoms with Crippen molar-refractivity contribution in [1.29, 1.82) is 0 Å². The maximum absolute atomic E-state index is 12.1. The smallest absolute Gasteiger partial charge is 0.241 e. The summed E-state index contributed by atoms with van der Waals surface area (Å²) in [6.07, 6.45) is 1.18. The number of rotatable bonds is 5. The molecule has 0 atom stereocenters. The summed E-state index contributed by atoms with van der Waals surface area (Å²) in [6, 6.07) is 9.87. The van der Waals surface area contributed by atoms with Crippen LogP contribution in [0.25, 0.3) is 0 Å². The van der Waals surface area contributed by atoms with Gasteiger partial charge in [0.05, 0.1) is 6.54 Å². The maximum atomic E-state index is 12.1. The van der Waals surface area contributed by atoms with E-state index in [2.05, 4.69) is 17.1 Å². The van der Waals surface area contributed by atoms with Crippen LogP contribution in [-0.2, 0) is 4.79 Å². The van der Waals surface area contributed by atoms with Crippen LogP contribution < -0.4 is 5.32 Å². The highest BCUT2D eigenvalue weighted by atomic mass is 16.2. The van der Waals surface area contributed by atoms with Gasteiger partial charge in [-0.05, 0) is 25.1 Å². The molecule has 0 spiro atoms. The zero-order chi connectivity index (χ0) is 13.5. The van der Waals surface area contributed by atoms with Gasteiger partial charge in [-0.1, -0.05) is 25.1 Å². The molecule has 19 heavy (non-hydrogen) atoms. The first-order chi connectivity index (χ1) is 9.29. The summed E-state index contributed by atoms with van der Waals surface area (Å²) >= 11 is 0. The molecule has 1 N–H and O–H groups in total. The highest BCUT2D eigenvalue weighted by Crippen LogP contribution is 2.06. The van der Waals surface area contributed by atoms with Gasteiger partial charge in [0.25, 0.3) is 0 Å². The van der Waals surface area contributed by atoms with Crippen molar-refractivity contribution >= 4 is 11.6 Å². The predicted octanol–water partition coefficient (Wildman–Crippen LogP) is 1.65. The van der Waals surface area contributed by atoms with Crippen LogP contribution in [0.4, 0.5) is 5.69 Å². The van der Waals surface area contributed by atoms with Crippen LogP contribution in [0.5, 0.6) is 0 Å². The Hall–Kier alpha value is -1.55. The van der Waals surface area contributed by atoms with Gasteiger partial charge >= 0.3 is 0 Å². The van der Waals surface area contributed by atoms with Crippen LogP contribution in [0.15, 0.2) is 30.3 Å². The summed E-state index contributed by atoms with van der Waals surface area (Å²) in [7, 11) is 0. The third-order valence-electron chi connectivity index (χ3n) is 3.48. The number of nitrogens with zero attached hydrogens (tertiary/aromatic N) is 2. The zero-order valence-electron chi connectivity index (χ0n) is 11.6. The Labute approximate surface area is 115 Å². The maximum Gasteiger partial charge on any atom is 0.241 e. The van der Waals surface area contributed by atoms with Crippen LogP contribution in [-0.4, -0.2) is 55.0 Å². The topological polar surface area (TPSA) is 35.6 Å². The molecular formula is C15H23N3O. The van der Waals surface area contributed by atoms with Gasteiger partial charge in [-0.2, -0.15) is 0 Å². The Morgan fingerprint density at radius 1 is 1.16 bits per heavy atom. The Kier molecular flexibility index (Phi) is 5.21. The molecule has 0 aromatic heterocycles. The minimum absolute atomic E-state index is 0.194. The quantitative estimate of drug-likeness (QED) is 0.875. The summed E-state index contributed by atoms with van der Waals surface area (Å²) in [5.41, 5.74) is 1.00. The van der Waals surface area contributed by atoms with Crippen molar-refractivity contribution in [2.45, 2.75) is 13.3 Å². The van der Waals surface area contributed by atoms with E-state index < -0.39 is 0 Å². The highest BCUT2D eigenvalue weighted by molar-refractivity contribution is 5.81. The second kappa shape index (κ2) is 7.14. The summed E-state index contributed by atoms with van der Waals surface area (Å²) in [4.78, 5) is 16.5. The molecule has 1 aromatic carbocycles. The van der Waals surface area contributed by atoms with Crippen LogP contribution in [0.3, 0.4) is 0 Å². The van der Waals surface area contributed by atoms with Crippen molar-refractivity contribution in [3.8, 4) is 0 Å². The lowest BCUT2D eigenvalue weighted by atomic mass is 10.3. The fourth-order valence-corrected chi connectivity index (χ4v) is 2.38. The molecule has 1 heterocycles. The largest absolute Gasteiger partial charge is 0.376 e. The van der Waals surface area contributed by atoms with E-state index in [1.807, 2.05) is 35.2 Å². The van der Waals surface area contributed by atoms with E-state index in [1.165, 1.54) is 6.42 Å². The van der Waals surface area contributed by atoms with Gasteiger partial charge in [0.1, 0.15) is 0 Å². The number of hydrogen-bond donors (Lipinski definition) is 1. The molecule has 1 aliphatic rings. The molecule has 1 amide bonds. The molecule has 0 unspecified atom stereocenters. The van der Waals surface area contributed by atoms with Gasteiger partial charge in [-0.15, -0.1) is 0 Å². The minimum atomic E-state index is 0.194. The SMILES string of the molecule is CCCN1CCN(C(=O)CNc2ccccc2)CC1. The van der Waals surface area contributed by atoms with Gasteiger partial charge in [-0.25, -0.2) is 0 Å². The number of amides is 1. The van der Waals surface area contributed by atoms with Crippen molar-refractivity contribution < 1.29 is 4.79 Å². The number of hydrogen-bond acceptors (Lipinski definition) is 3. The lowest BCUT2D eigenvalue weighted by Crippen LogP contribution is -2.50. The van der Waals surface area contributed by atoms with Crippen molar-refractivity contribution in [2.24, 2.45) is 0 Å². The third-order valence-corrected chi connectivity index (χ3v) is 3.48. The van der Waals surface area contributed by atoms with E-state index in [4.69, 9.17) is 0 Å². The van der Waals surface area contributed by atoms with E-state index in [1.54, 1.807) is 0 Å². The summed E-state index contributed by atoms with van der Waals surface area (Å²) in [6.45, 7) is 7.45. The first-order valence-electron chi connectivity index (χ1n) is 7.08. The van der Waals surface area contributed by atoms with E-state index in [9.17, 15) is 4.79 Å². The lowest BCUT2D eigenvalue weighted by Gasteiger charge is -2.34. The van der Waals surface area contributed by atoms with Gasteiger partial charge in [0, 0.05) is 31.9 Å². The van der Waals surface area contributed by atoms with Crippen molar-refractivity contribution in [3.05, 3.63) is 30.3 Å². The summed E-state index contributed by atoms with van der Waals surface area (Å²) in [5.74, 6) is 0.194. The second-order valence-electron chi connectivity index (χ2n) is 4.94. The number of benzene rings is 1. The number of anilines is 1. The Morgan fingerprint density at radius 3 is 2.47 bits per heavy atom. The van der Waals surface area contributed by atoms with Gasteiger partial charge in [0.15, 0.2) is 0 Å². The second-order valence-corrected chi connectivity index (χ2v) is 4.94. The molecule has 1 aliphatic heterocycles. The fourth-order valence-electron chi connectivity index (χ4n) is 2.38. The molecule has 2 rings (SSSR count). The average Bonchev–Trinajstić information content (AvgIpc) is 2.47. The molecule has 1 aromatic rings. The standard InChI is InChI=1S/C15H23N3O/c1-2-8-17-9-11-18(12-10-17)15(19)13-16-14-6-4-3-5-7-14/h3-7,16H,2,8-13H2,1H3. The van der Waals surface area contributed by atoms with Crippen LogP contribution in [0.1, 0.15) is 13.3 Å². The third kappa shape index (κ3) is 4.24. The van der Waals surface area contributed by atoms with Gasteiger partial charge in [-0.3, -0.25) is 9.69 Å². The number of para-hydroxylation sites is 1. The van der Waals surface area contributed by atoms with E-state index in [-0.39, 0.29) is 5.91 Å². The molecule has 4 heteroatoms. The molecule has 0 saturated carbocycles. The van der Waals surface area contributed by atoms with Crippen LogP contribution >= 0.6 is 0 Å². The van der Waals surface area contributed by atoms with Gasteiger partial charge < -0.3 is 10.2 Å². The van der Waals surface area contributed by atoms with Crippen molar-refractivity contribution in [1.82, 2.24) is 9.80 Å². The normalized spacial score (nSPS) is 16.4. The van der Waals surface area contributed by atoms with Crippen molar-refractivity contribution in [3.63, 3.8) is 0 Å². The number of carbonyl (C=O) groups excluding carboxylic acids is 1. The Morgan fingerprint density at radius 2 is 1.84 bits per heavy atom. The van der Waals surface area contributed by atoms with E-state index >= 15 is 0 Å².